The number of rotatable bonds is 7. The highest BCUT2D eigenvalue weighted by Crippen LogP contribution is 2.25. The summed E-state index contributed by atoms with van der Waals surface area (Å²) < 4.78 is 0. The van der Waals surface area contributed by atoms with Crippen molar-refractivity contribution in [3.05, 3.63) is 59.7 Å². The first-order valence-corrected chi connectivity index (χ1v) is 10.5. The van der Waals surface area contributed by atoms with E-state index in [1.165, 1.54) is 17.7 Å². The summed E-state index contributed by atoms with van der Waals surface area (Å²) in [6, 6.07) is 16.6. The number of benzene rings is 2. The fourth-order valence-corrected chi connectivity index (χ4v) is 3.78. The minimum absolute atomic E-state index is 0.0645. The molecule has 1 fully saturated rings. The van der Waals surface area contributed by atoms with Gasteiger partial charge in [-0.25, -0.2) is 0 Å². The molecule has 150 valence electrons. The molecule has 1 aliphatic heterocycles. The fourth-order valence-electron chi connectivity index (χ4n) is 3.78. The maximum absolute atomic E-state index is 12.6. The normalized spacial score (nSPS) is 16.8. The van der Waals surface area contributed by atoms with Gasteiger partial charge in [0.05, 0.1) is 0 Å². The SMILES string of the molecule is CCN(Cc1ccc(C(=O)Nc2ccc(N3CCC(C)C3)cc2)cc1)C(C)C. The van der Waals surface area contributed by atoms with Crippen molar-refractivity contribution in [3.63, 3.8) is 0 Å². The number of amides is 1. The summed E-state index contributed by atoms with van der Waals surface area (Å²) >= 11 is 0. The predicted octanol–water partition coefficient (Wildman–Crippen LogP) is 5.02. The molecule has 28 heavy (non-hydrogen) atoms. The maximum atomic E-state index is 12.6. The number of carbonyl (C=O) groups excluding carboxylic acids is 1. The molecular formula is C24H33N3O. The van der Waals surface area contributed by atoms with E-state index in [2.05, 4.69) is 67.1 Å². The lowest BCUT2D eigenvalue weighted by molar-refractivity contribution is 0.102. The largest absolute Gasteiger partial charge is 0.371 e. The molecule has 0 spiro atoms. The third-order valence-corrected chi connectivity index (χ3v) is 5.65. The summed E-state index contributed by atoms with van der Waals surface area (Å²) in [5.74, 6) is 0.692. The molecule has 4 nitrogen and oxygen atoms in total. The number of nitrogens with zero attached hydrogens (tertiary/aromatic N) is 2. The monoisotopic (exact) mass is 379 g/mol. The lowest BCUT2D eigenvalue weighted by Gasteiger charge is -2.24. The zero-order valence-electron chi connectivity index (χ0n) is 17.6. The van der Waals surface area contributed by atoms with Gasteiger partial charge < -0.3 is 10.2 Å². The summed E-state index contributed by atoms with van der Waals surface area (Å²) in [6.07, 6.45) is 1.25. The molecule has 1 saturated heterocycles. The van der Waals surface area contributed by atoms with E-state index in [0.29, 0.717) is 11.6 Å². The Hall–Kier alpha value is -2.33. The van der Waals surface area contributed by atoms with Crippen LogP contribution in [0.15, 0.2) is 48.5 Å². The van der Waals surface area contributed by atoms with Crippen molar-refractivity contribution < 1.29 is 4.79 Å². The van der Waals surface area contributed by atoms with Crippen LogP contribution in [0.4, 0.5) is 11.4 Å². The third kappa shape index (κ3) is 5.14. The summed E-state index contributed by atoms with van der Waals surface area (Å²) in [4.78, 5) is 17.4. The average molecular weight is 380 g/mol. The van der Waals surface area contributed by atoms with E-state index in [9.17, 15) is 4.79 Å². The van der Waals surface area contributed by atoms with Crippen molar-refractivity contribution in [1.82, 2.24) is 4.90 Å². The molecule has 0 saturated carbocycles. The third-order valence-electron chi connectivity index (χ3n) is 5.65. The second kappa shape index (κ2) is 9.24. The van der Waals surface area contributed by atoms with E-state index in [0.717, 1.165) is 37.8 Å². The van der Waals surface area contributed by atoms with Gasteiger partial charge in [0.15, 0.2) is 0 Å². The smallest absolute Gasteiger partial charge is 0.255 e. The standard InChI is InChI=1S/C24H33N3O/c1-5-26(18(2)3)17-20-6-8-21(9-7-20)24(28)25-22-10-12-23(13-11-22)27-15-14-19(4)16-27/h6-13,18-19H,5,14-17H2,1-4H3,(H,25,28). The average Bonchev–Trinajstić information content (AvgIpc) is 3.13. The van der Waals surface area contributed by atoms with Crippen LogP contribution in [0.1, 0.15) is 50.0 Å². The van der Waals surface area contributed by atoms with E-state index < -0.39 is 0 Å². The van der Waals surface area contributed by atoms with E-state index in [-0.39, 0.29) is 5.91 Å². The zero-order valence-corrected chi connectivity index (χ0v) is 17.6. The molecule has 1 aliphatic rings. The molecule has 0 aliphatic carbocycles. The van der Waals surface area contributed by atoms with Crippen molar-refractivity contribution in [3.8, 4) is 0 Å². The zero-order chi connectivity index (χ0) is 20.1. The molecule has 1 amide bonds. The summed E-state index contributed by atoms with van der Waals surface area (Å²) in [5, 5.41) is 3.01. The van der Waals surface area contributed by atoms with Gasteiger partial charge >= 0.3 is 0 Å². The van der Waals surface area contributed by atoms with E-state index in [1.807, 2.05) is 24.3 Å². The molecule has 1 unspecified atom stereocenters. The van der Waals surface area contributed by atoms with Gasteiger partial charge in [0.25, 0.3) is 5.91 Å². The first-order valence-electron chi connectivity index (χ1n) is 10.5. The van der Waals surface area contributed by atoms with Gasteiger partial charge in [0, 0.05) is 42.6 Å². The first kappa shape index (κ1) is 20.4. The van der Waals surface area contributed by atoms with Crippen LogP contribution in [-0.2, 0) is 6.54 Å². The van der Waals surface area contributed by atoms with Crippen LogP contribution in [-0.4, -0.2) is 36.5 Å². The van der Waals surface area contributed by atoms with Crippen molar-refractivity contribution in [2.75, 3.05) is 29.9 Å². The number of hydrogen-bond acceptors (Lipinski definition) is 3. The number of hydrogen-bond donors (Lipinski definition) is 1. The molecular weight excluding hydrogens is 346 g/mol. The van der Waals surface area contributed by atoms with Crippen molar-refractivity contribution in [2.45, 2.75) is 46.7 Å². The topological polar surface area (TPSA) is 35.6 Å². The van der Waals surface area contributed by atoms with E-state index in [1.54, 1.807) is 0 Å². The Balaban J connectivity index is 1.58. The Morgan fingerprint density at radius 1 is 1.14 bits per heavy atom. The van der Waals surface area contributed by atoms with Crippen molar-refractivity contribution in [2.24, 2.45) is 5.92 Å². The van der Waals surface area contributed by atoms with Crippen LogP contribution in [0.25, 0.3) is 0 Å². The Morgan fingerprint density at radius 3 is 2.36 bits per heavy atom. The first-order chi connectivity index (χ1) is 13.5. The van der Waals surface area contributed by atoms with Crippen molar-refractivity contribution in [1.29, 1.82) is 0 Å². The molecule has 4 heteroatoms. The van der Waals surface area contributed by atoms with Gasteiger partial charge in [0.1, 0.15) is 0 Å². The Labute approximate surface area is 169 Å². The fraction of sp³-hybridized carbons (Fsp3) is 0.458. The van der Waals surface area contributed by atoms with Gasteiger partial charge in [-0.1, -0.05) is 26.0 Å². The van der Waals surface area contributed by atoms with Crippen LogP contribution >= 0.6 is 0 Å². The van der Waals surface area contributed by atoms with Crippen LogP contribution < -0.4 is 10.2 Å². The minimum Gasteiger partial charge on any atom is -0.371 e. The molecule has 2 aromatic rings. The maximum Gasteiger partial charge on any atom is 0.255 e. The van der Waals surface area contributed by atoms with Crippen LogP contribution in [0.2, 0.25) is 0 Å². The van der Waals surface area contributed by atoms with Gasteiger partial charge in [-0.05, 0) is 74.7 Å². The molecule has 2 aromatic carbocycles. The Bertz CT molecular complexity index is 767. The van der Waals surface area contributed by atoms with Gasteiger partial charge in [0.2, 0.25) is 0 Å². The van der Waals surface area contributed by atoms with Crippen LogP contribution in [0.3, 0.4) is 0 Å². The highest BCUT2D eigenvalue weighted by molar-refractivity contribution is 6.04. The number of anilines is 2. The van der Waals surface area contributed by atoms with Gasteiger partial charge in [-0.15, -0.1) is 0 Å². The lowest BCUT2D eigenvalue weighted by atomic mass is 10.1. The highest BCUT2D eigenvalue weighted by atomic mass is 16.1. The predicted molar refractivity (Wildman–Crippen MR) is 118 cm³/mol. The number of nitrogens with one attached hydrogen (secondary N) is 1. The van der Waals surface area contributed by atoms with Gasteiger partial charge in [-0.3, -0.25) is 9.69 Å². The summed E-state index contributed by atoms with van der Waals surface area (Å²) in [7, 11) is 0. The van der Waals surface area contributed by atoms with Crippen LogP contribution in [0.5, 0.6) is 0 Å². The summed E-state index contributed by atoms with van der Waals surface area (Å²) in [6.45, 7) is 13.1. The summed E-state index contributed by atoms with van der Waals surface area (Å²) in [5.41, 5.74) is 3.99. The molecule has 0 bridgehead atoms. The molecule has 0 radical (unpaired) electrons. The lowest BCUT2D eigenvalue weighted by Crippen LogP contribution is -2.29. The molecule has 3 rings (SSSR count). The molecule has 0 aromatic heterocycles. The molecule has 1 N–H and O–H groups in total. The van der Waals surface area contributed by atoms with E-state index in [4.69, 9.17) is 0 Å². The molecule has 1 atom stereocenters. The van der Waals surface area contributed by atoms with E-state index >= 15 is 0 Å². The quantitative estimate of drug-likeness (QED) is 0.734. The Morgan fingerprint density at radius 2 is 1.82 bits per heavy atom. The number of carbonyl (C=O) groups is 1. The molecule has 1 heterocycles. The second-order valence-electron chi connectivity index (χ2n) is 8.19. The minimum atomic E-state index is -0.0645. The van der Waals surface area contributed by atoms with Crippen molar-refractivity contribution >= 4 is 17.3 Å². The Kier molecular flexibility index (Phi) is 6.74. The highest BCUT2D eigenvalue weighted by Gasteiger charge is 2.18. The van der Waals surface area contributed by atoms with Gasteiger partial charge in [-0.2, -0.15) is 0 Å². The van der Waals surface area contributed by atoms with Crippen LogP contribution in [0, 0.1) is 5.92 Å². The second-order valence-corrected chi connectivity index (χ2v) is 8.19.